The van der Waals surface area contributed by atoms with Crippen molar-refractivity contribution >= 4 is 5.78 Å². The third-order valence-electron chi connectivity index (χ3n) is 4.05. The second kappa shape index (κ2) is 7.22. The molecule has 3 aromatic carbocycles. The first-order valence-electron chi connectivity index (χ1n) is 8.26. The van der Waals surface area contributed by atoms with Crippen molar-refractivity contribution in [1.29, 1.82) is 0 Å². The lowest BCUT2D eigenvalue weighted by Crippen LogP contribution is -1.98. The molecule has 0 fully saturated rings. The van der Waals surface area contributed by atoms with Crippen LogP contribution in [0.3, 0.4) is 0 Å². The van der Waals surface area contributed by atoms with Crippen LogP contribution in [0.1, 0.15) is 24.2 Å². The maximum atomic E-state index is 12.1. The van der Waals surface area contributed by atoms with Crippen molar-refractivity contribution in [2.45, 2.75) is 13.8 Å². The zero-order valence-electron chi connectivity index (χ0n) is 14.3. The van der Waals surface area contributed by atoms with E-state index in [9.17, 15) is 9.90 Å². The standard InChI is InChI=1S/C22H20O3/c1-3-25-19-11-9-17(10-12-19)20-13-18(16-7-5-4-6-8-16)14-21(24)22(20)15(2)23/h4-14,24H,3H2,1-2H3. The molecule has 3 rings (SSSR count). The van der Waals surface area contributed by atoms with Crippen molar-refractivity contribution in [2.24, 2.45) is 0 Å². The Balaban J connectivity index is 2.15. The van der Waals surface area contributed by atoms with Crippen LogP contribution < -0.4 is 4.74 Å². The molecular weight excluding hydrogens is 312 g/mol. The molecular formula is C22H20O3. The van der Waals surface area contributed by atoms with Gasteiger partial charge in [0.2, 0.25) is 0 Å². The first-order valence-corrected chi connectivity index (χ1v) is 8.26. The van der Waals surface area contributed by atoms with Crippen LogP contribution >= 0.6 is 0 Å². The fourth-order valence-electron chi connectivity index (χ4n) is 2.92. The van der Waals surface area contributed by atoms with E-state index < -0.39 is 0 Å². The molecule has 0 aliphatic carbocycles. The number of phenolic OH excluding ortho intramolecular Hbond substituents is 1. The minimum absolute atomic E-state index is 0.00209. The molecule has 0 heterocycles. The van der Waals surface area contributed by atoms with Gasteiger partial charge in [0.1, 0.15) is 11.5 Å². The first kappa shape index (κ1) is 16.8. The lowest BCUT2D eigenvalue weighted by molar-refractivity contribution is 0.101. The van der Waals surface area contributed by atoms with Crippen molar-refractivity contribution < 1.29 is 14.6 Å². The van der Waals surface area contributed by atoms with Crippen LogP contribution in [0.4, 0.5) is 0 Å². The summed E-state index contributed by atoms with van der Waals surface area (Å²) in [6.07, 6.45) is 0. The number of carbonyl (C=O) groups excluding carboxylic acids is 1. The number of carbonyl (C=O) groups is 1. The Kier molecular flexibility index (Phi) is 4.85. The highest BCUT2D eigenvalue weighted by Gasteiger charge is 2.16. The summed E-state index contributed by atoms with van der Waals surface area (Å²) in [4.78, 5) is 12.1. The van der Waals surface area contributed by atoms with E-state index in [-0.39, 0.29) is 11.5 Å². The molecule has 3 aromatic rings. The van der Waals surface area contributed by atoms with Gasteiger partial charge in [-0.3, -0.25) is 4.79 Å². The molecule has 3 heteroatoms. The average molecular weight is 332 g/mol. The maximum Gasteiger partial charge on any atom is 0.164 e. The number of Topliss-reactive ketones (excluding diaryl/α,β-unsaturated/α-hetero) is 1. The Morgan fingerprint density at radius 3 is 2.20 bits per heavy atom. The normalized spacial score (nSPS) is 10.5. The molecule has 0 amide bonds. The predicted octanol–water partition coefficient (Wildman–Crippen LogP) is 5.33. The Hall–Kier alpha value is -3.07. The third kappa shape index (κ3) is 3.56. The van der Waals surface area contributed by atoms with Gasteiger partial charge in [0, 0.05) is 0 Å². The molecule has 25 heavy (non-hydrogen) atoms. The second-order valence-corrected chi connectivity index (χ2v) is 5.80. The van der Waals surface area contributed by atoms with Crippen molar-refractivity contribution in [1.82, 2.24) is 0 Å². The lowest BCUT2D eigenvalue weighted by Gasteiger charge is -2.13. The molecule has 0 unspecified atom stereocenters. The van der Waals surface area contributed by atoms with Crippen LogP contribution in [-0.2, 0) is 0 Å². The minimum Gasteiger partial charge on any atom is -0.507 e. The summed E-state index contributed by atoms with van der Waals surface area (Å²) in [5.74, 6) is 0.609. The minimum atomic E-state index is -0.166. The van der Waals surface area contributed by atoms with Gasteiger partial charge in [0.05, 0.1) is 12.2 Å². The maximum absolute atomic E-state index is 12.1. The largest absolute Gasteiger partial charge is 0.507 e. The number of hydrogen-bond acceptors (Lipinski definition) is 3. The van der Waals surface area contributed by atoms with Crippen molar-refractivity contribution in [3.8, 4) is 33.8 Å². The molecule has 3 nitrogen and oxygen atoms in total. The van der Waals surface area contributed by atoms with Crippen molar-refractivity contribution in [2.75, 3.05) is 6.61 Å². The molecule has 0 spiro atoms. The van der Waals surface area contributed by atoms with Gasteiger partial charge in [-0.15, -0.1) is 0 Å². The van der Waals surface area contributed by atoms with Crippen molar-refractivity contribution in [3.05, 3.63) is 72.3 Å². The highest BCUT2D eigenvalue weighted by molar-refractivity contribution is 6.04. The van der Waals surface area contributed by atoms with E-state index in [4.69, 9.17) is 4.74 Å². The van der Waals surface area contributed by atoms with Gasteiger partial charge < -0.3 is 9.84 Å². The monoisotopic (exact) mass is 332 g/mol. The highest BCUT2D eigenvalue weighted by atomic mass is 16.5. The number of hydrogen-bond donors (Lipinski definition) is 1. The Morgan fingerprint density at radius 2 is 1.60 bits per heavy atom. The van der Waals surface area contributed by atoms with Crippen LogP contribution in [-0.4, -0.2) is 17.5 Å². The number of ketones is 1. The fourth-order valence-corrected chi connectivity index (χ4v) is 2.92. The van der Waals surface area contributed by atoms with Crippen LogP contribution in [0.25, 0.3) is 22.3 Å². The Morgan fingerprint density at radius 1 is 0.920 bits per heavy atom. The predicted molar refractivity (Wildman–Crippen MR) is 100 cm³/mol. The average Bonchev–Trinajstić information content (AvgIpc) is 2.62. The summed E-state index contributed by atoms with van der Waals surface area (Å²) in [5, 5.41) is 10.5. The van der Waals surface area contributed by atoms with Gasteiger partial charge in [0.25, 0.3) is 0 Å². The van der Waals surface area contributed by atoms with E-state index in [2.05, 4.69) is 0 Å². The summed E-state index contributed by atoms with van der Waals surface area (Å²) in [6, 6.07) is 20.9. The number of phenols is 1. The molecule has 0 saturated carbocycles. The third-order valence-corrected chi connectivity index (χ3v) is 4.05. The van der Waals surface area contributed by atoms with Crippen LogP contribution in [0.2, 0.25) is 0 Å². The highest BCUT2D eigenvalue weighted by Crippen LogP contribution is 2.36. The summed E-state index contributed by atoms with van der Waals surface area (Å²) in [7, 11) is 0. The quantitative estimate of drug-likeness (QED) is 0.643. The van der Waals surface area contributed by atoms with E-state index >= 15 is 0 Å². The summed E-state index contributed by atoms with van der Waals surface area (Å²) >= 11 is 0. The van der Waals surface area contributed by atoms with E-state index in [0.717, 1.165) is 28.0 Å². The van der Waals surface area contributed by atoms with E-state index in [1.54, 1.807) is 6.07 Å². The molecule has 1 N–H and O–H groups in total. The lowest BCUT2D eigenvalue weighted by atomic mass is 9.92. The molecule has 0 atom stereocenters. The zero-order chi connectivity index (χ0) is 17.8. The van der Waals surface area contributed by atoms with Crippen molar-refractivity contribution in [3.63, 3.8) is 0 Å². The number of aromatic hydroxyl groups is 1. The van der Waals surface area contributed by atoms with E-state index in [1.807, 2.05) is 67.6 Å². The van der Waals surface area contributed by atoms with E-state index in [0.29, 0.717) is 12.2 Å². The molecule has 0 saturated heterocycles. The van der Waals surface area contributed by atoms with Crippen LogP contribution in [0, 0.1) is 0 Å². The topological polar surface area (TPSA) is 46.5 Å². The van der Waals surface area contributed by atoms with Gasteiger partial charge in [-0.1, -0.05) is 42.5 Å². The summed E-state index contributed by atoms with van der Waals surface area (Å²) in [6.45, 7) is 4.00. The van der Waals surface area contributed by atoms with Gasteiger partial charge >= 0.3 is 0 Å². The summed E-state index contributed by atoms with van der Waals surface area (Å²) < 4.78 is 5.47. The number of rotatable bonds is 5. The Bertz CT molecular complexity index is 881. The van der Waals surface area contributed by atoms with Gasteiger partial charge in [-0.25, -0.2) is 0 Å². The van der Waals surface area contributed by atoms with Crippen LogP contribution in [0.5, 0.6) is 11.5 Å². The molecule has 0 aromatic heterocycles. The summed E-state index contributed by atoms with van der Waals surface area (Å²) in [5.41, 5.74) is 3.77. The number of ether oxygens (including phenoxy) is 1. The fraction of sp³-hybridized carbons (Fsp3) is 0.136. The Labute approximate surface area is 147 Å². The smallest absolute Gasteiger partial charge is 0.164 e. The second-order valence-electron chi connectivity index (χ2n) is 5.80. The van der Waals surface area contributed by atoms with Gasteiger partial charge in [-0.2, -0.15) is 0 Å². The SMILES string of the molecule is CCOc1ccc(-c2cc(-c3ccccc3)cc(O)c2C(C)=O)cc1. The zero-order valence-corrected chi connectivity index (χ0v) is 14.3. The molecule has 0 radical (unpaired) electrons. The van der Waals surface area contributed by atoms with E-state index in [1.165, 1.54) is 6.92 Å². The molecule has 0 aliphatic rings. The van der Waals surface area contributed by atoms with Gasteiger partial charge in [-0.05, 0) is 60.4 Å². The van der Waals surface area contributed by atoms with Gasteiger partial charge in [0.15, 0.2) is 5.78 Å². The molecule has 0 bridgehead atoms. The number of benzene rings is 3. The molecule has 0 aliphatic heterocycles. The molecule has 126 valence electrons. The van der Waals surface area contributed by atoms with Crippen LogP contribution in [0.15, 0.2) is 66.7 Å². The first-order chi connectivity index (χ1) is 12.1.